The first-order valence-electron chi connectivity index (χ1n) is 10.8. The van der Waals surface area contributed by atoms with E-state index in [0.29, 0.717) is 30.2 Å². The Balaban J connectivity index is 1.51. The quantitative estimate of drug-likeness (QED) is 0.488. The normalized spacial score (nSPS) is 13.4. The third-order valence-electron chi connectivity index (χ3n) is 5.32. The molecular weight excluding hydrogens is 443 g/mol. The van der Waals surface area contributed by atoms with Crippen LogP contribution in [0.2, 0.25) is 0 Å². The lowest BCUT2D eigenvalue weighted by molar-refractivity contribution is 0.0730. The number of nitrogens with one attached hydrogen (secondary N) is 1. The minimum atomic E-state index is -3.83. The zero-order valence-electron chi connectivity index (χ0n) is 18.2. The van der Waals surface area contributed by atoms with Crippen molar-refractivity contribution in [3.8, 4) is 5.75 Å². The molecule has 6 nitrogen and oxygen atoms in total. The van der Waals surface area contributed by atoms with Crippen molar-refractivity contribution in [3.05, 3.63) is 89.7 Å². The van der Waals surface area contributed by atoms with E-state index >= 15 is 0 Å². The van der Waals surface area contributed by atoms with Gasteiger partial charge in [-0.3, -0.25) is 9.52 Å². The lowest BCUT2D eigenvalue weighted by atomic mass is 10.1. The predicted molar refractivity (Wildman–Crippen MR) is 124 cm³/mol. The smallest absolute Gasteiger partial charge is 0.261 e. The van der Waals surface area contributed by atoms with Gasteiger partial charge in [-0.15, -0.1) is 0 Å². The molecule has 4 rings (SSSR count). The zero-order chi connectivity index (χ0) is 23.4. The molecule has 1 saturated carbocycles. The minimum absolute atomic E-state index is 0.0959. The van der Waals surface area contributed by atoms with Gasteiger partial charge in [-0.05, 0) is 79.9 Å². The number of rotatable bonds is 9. The molecule has 1 fully saturated rings. The van der Waals surface area contributed by atoms with Crippen LogP contribution in [0.25, 0.3) is 0 Å². The van der Waals surface area contributed by atoms with E-state index in [9.17, 15) is 17.6 Å². The summed E-state index contributed by atoms with van der Waals surface area (Å²) in [6.45, 7) is 2.71. The molecule has 1 amide bonds. The standard InChI is InChI=1S/C25H25FN2O4S/c1-2-32-23-12-14-24(15-13-23)33(30,31)27-21-5-3-4-19(16-21)25(29)28(22-10-11-22)17-18-6-8-20(26)9-7-18/h3-9,12-16,22,27H,2,10-11,17H2,1H3. The summed E-state index contributed by atoms with van der Waals surface area (Å²) in [6, 6.07) is 18.8. The van der Waals surface area contributed by atoms with Gasteiger partial charge in [0.25, 0.3) is 15.9 Å². The van der Waals surface area contributed by atoms with E-state index in [4.69, 9.17) is 4.74 Å². The summed E-state index contributed by atoms with van der Waals surface area (Å²) >= 11 is 0. The summed E-state index contributed by atoms with van der Waals surface area (Å²) in [7, 11) is -3.83. The van der Waals surface area contributed by atoms with Crippen LogP contribution in [0.3, 0.4) is 0 Å². The van der Waals surface area contributed by atoms with Gasteiger partial charge in [-0.1, -0.05) is 18.2 Å². The molecule has 0 radical (unpaired) electrons. The highest BCUT2D eigenvalue weighted by Gasteiger charge is 2.33. The molecule has 0 aromatic heterocycles. The number of carbonyl (C=O) groups excluding carboxylic acids is 1. The van der Waals surface area contributed by atoms with Crippen LogP contribution in [0.1, 0.15) is 35.7 Å². The van der Waals surface area contributed by atoms with E-state index < -0.39 is 10.0 Å². The molecule has 0 unspecified atom stereocenters. The number of hydrogen-bond acceptors (Lipinski definition) is 4. The first-order chi connectivity index (χ1) is 15.9. The predicted octanol–water partition coefficient (Wildman–Crippen LogP) is 4.83. The Morgan fingerprint density at radius 1 is 1.06 bits per heavy atom. The Bertz CT molecular complexity index is 1220. The summed E-state index contributed by atoms with van der Waals surface area (Å²) in [5, 5.41) is 0. The second-order valence-electron chi connectivity index (χ2n) is 7.88. The van der Waals surface area contributed by atoms with E-state index in [1.54, 1.807) is 47.4 Å². The molecule has 0 spiro atoms. The van der Waals surface area contributed by atoms with Gasteiger partial charge in [0, 0.05) is 23.8 Å². The van der Waals surface area contributed by atoms with Crippen LogP contribution in [0.15, 0.2) is 77.7 Å². The Kier molecular flexibility index (Phi) is 6.65. The molecule has 0 bridgehead atoms. The van der Waals surface area contributed by atoms with Gasteiger partial charge in [-0.25, -0.2) is 12.8 Å². The number of amides is 1. The summed E-state index contributed by atoms with van der Waals surface area (Å²) in [6.07, 6.45) is 1.83. The topological polar surface area (TPSA) is 75.7 Å². The number of benzene rings is 3. The number of anilines is 1. The molecule has 0 aliphatic heterocycles. The van der Waals surface area contributed by atoms with Gasteiger partial charge >= 0.3 is 0 Å². The van der Waals surface area contributed by atoms with Crippen LogP contribution in [0, 0.1) is 5.82 Å². The molecule has 172 valence electrons. The van der Waals surface area contributed by atoms with Crippen molar-refractivity contribution in [2.45, 2.75) is 37.2 Å². The van der Waals surface area contributed by atoms with Gasteiger partial charge in [0.1, 0.15) is 11.6 Å². The number of halogens is 1. The highest BCUT2D eigenvalue weighted by atomic mass is 32.2. The van der Waals surface area contributed by atoms with Crippen molar-refractivity contribution in [1.82, 2.24) is 4.90 Å². The maximum absolute atomic E-state index is 13.2. The highest BCUT2D eigenvalue weighted by Crippen LogP contribution is 2.30. The Morgan fingerprint density at radius 3 is 2.39 bits per heavy atom. The largest absolute Gasteiger partial charge is 0.494 e. The zero-order valence-corrected chi connectivity index (χ0v) is 19.0. The average molecular weight is 469 g/mol. The van der Waals surface area contributed by atoms with Crippen molar-refractivity contribution < 1.29 is 22.3 Å². The van der Waals surface area contributed by atoms with Crippen molar-refractivity contribution in [2.24, 2.45) is 0 Å². The molecule has 0 saturated heterocycles. The van der Waals surface area contributed by atoms with Crippen molar-refractivity contribution in [3.63, 3.8) is 0 Å². The number of sulfonamides is 1. The Morgan fingerprint density at radius 2 is 1.76 bits per heavy atom. The first kappa shape index (κ1) is 22.8. The third-order valence-corrected chi connectivity index (χ3v) is 6.72. The first-order valence-corrected chi connectivity index (χ1v) is 12.2. The molecule has 3 aromatic carbocycles. The van der Waals surface area contributed by atoms with Gasteiger partial charge < -0.3 is 9.64 Å². The molecule has 0 heterocycles. The SMILES string of the molecule is CCOc1ccc(S(=O)(=O)Nc2cccc(C(=O)N(Cc3ccc(F)cc3)C3CC3)c2)cc1. The summed E-state index contributed by atoms with van der Waals surface area (Å²) < 4.78 is 46.7. The van der Waals surface area contributed by atoms with Crippen molar-refractivity contribution >= 4 is 21.6 Å². The molecule has 3 aromatic rings. The van der Waals surface area contributed by atoms with E-state index in [1.807, 2.05) is 6.92 Å². The second kappa shape index (κ2) is 9.62. The maximum atomic E-state index is 13.2. The third kappa shape index (κ3) is 5.70. The van der Waals surface area contributed by atoms with Crippen LogP contribution >= 0.6 is 0 Å². The van der Waals surface area contributed by atoms with E-state index in [2.05, 4.69) is 4.72 Å². The number of nitrogens with zero attached hydrogens (tertiary/aromatic N) is 1. The lowest BCUT2D eigenvalue weighted by Gasteiger charge is -2.23. The molecular formula is C25H25FN2O4S. The van der Waals surface area contributed by atoms with Crippen LogP contribution in [-0.4, -0.2) is 31.9 Å². The Labute approximate surface area is 193 Å². The van der Waals surface area contributed by atoms with E-state index in [-0.39, 0.29) is 22.7 Å². The van der Waals surface area contributed by atoms with Crippen LogP contribution < -0.4 is 9.46 Å². The molecule has 1 aliphatic carbocycles. The summed E-state index contributed by atoms with van der Waals surface area (Å²) in [5.74, 6) is 0.0740. The van der Waals surface area contributed by atoms with E-state index in [1.165, 1.54) is 30.3 Å². The number of carbonyl (C=O) groups is 1. The van der Waals surface area contributed by atoms with Crippen LogP contribution in [0.4, 0.5) is 10.1 Å². The van der Waals surface area contributed by atoms with Gasteiger partial charge in [0.2, 0.25) is 0 Å². The van der Waals surface area contributed by atoms with Crippen molar-refractivity contribution in [1.29, 1.82) is 0 Å². The van der Waals surface area contributed by atoms with Crippen molar-refractivity contribution in [2.75, 3.05) is 11.3 Å². The highest BCUT2D eigenvalue weighted by molar-refractivity contribution is 7.92. The maximum Gasteiger partial charge on any atom is 0.261 e. The summed E-state index contributed by atoms with van der Waals surface area (Å²) in [5.41, 5.74) is 1.52. The van der Waals surface area contributed by atoms with Gasteiger partial charge in [0.15, 0.2) is 0 Å². The molecule has 8 heteroatoms. The average Bonchev–Trinajstić information content (AvgIpc) is 3.64. The molecule has 1 N–H and O–H groups in total. The summed E-state index contributed by atoms with van der Waals surface area (Å²) in [4.78, 5) is 15.1. The molecule has 33 heavy (non-hydrogen) atoms. The fraction of sp³-hybridized carbons (Fsp3) is 0.240. The van der Waals surface area contributed by atoms with Gasteiger partial charge in [0.05, 0.1) is 11.5 Å². The molecule has 1 aliphatic rings. The van der Waals surface area contributed by atoms with Crippen LogP contribution in [0.5, 0.6) is 5.75 Å². The monoisotopic (exact) mass is 468 g/mol. The minimum Gasteiger partial charge on any atom is -0.494 e. The number of ether oxygens (including phenoxy) is 1. The lowest BCUT2D eigenvalue weighted by Crippen LogP contribution is -2.32. The molecule has 0 atom stereocenters. The second-order valence-corrected chi connectivity index (χ2v) is 9.56. The Hall–Kier alpha value is -3.39. The van der Waals surface area contributed by atoms with Gasteiger partial charge in [-0.2, -0.15) is 0 Å². The fourth-order valence-electron chi connectivity index (χ4n) is 3.52. The fourth-order valence-corrected chi connectivity index (χ4v) is 4.57. The van der Waals surface area contributed by atoms with E-state index in [0.717, 1.165) is 18.4 Å². The number of hydrogen-bond donors (Lipinski definition) is 1. The van der Waals surface area contributed by atoms with Crippen LogP contribution in [-0.2, 0) is 16.6 Å².